The second-order valence-corrected chi connectivity index (χ2v) is 1.83. The van der Waals surface area contributed by atoms with E-state index in [0.717, 1.165) is 6.92 Å². The van der Waals surface area contributed by atoms with Crippen LogP contribution in [0.5, 0.6) is 0 Å². The highest BCUT2D eigenvalue weighted by Crippen LogP contribution is 2.42. The molecule has 1 radical (unpaired) electrons. The van der Waals surface area contributed by atoms with Gasteiger partial charge in [0, 0.05) is 0 Å². The van der Waals surface area contributed by atoms with Gasteiger partial charge in [-0.05, 0) is 6.42 Å². The van der Waals surface area contributed by atoms with Crippen molar-refractivity contribution >= 4 is 0 Å². The predicted molar refractivity (Wildman–Crippen MR) is 25.6 cm³/mol. The minimum absolute atomic E-state index is 0.816. The summed E-state index contributed by atoms with van der Waals surface area (Å²) < 4.78 is 68.8. The molecule has 0 rings (SSSR count). The van der Waals surface area contributed by atoms with Crippen LogP contribution < -0.4 is 0 Å². The summed E-state index contributed by atoms with van der Waals surface area (Å²) in [6.07, 6.45) is -11.6. The Morgan fingerprint density at radius 2 is 1.18 bits per heavy atom. The summed E-state index contributed by atoms with van der Waals surface area (Å²) in [5.74, 6) is -2.34. The summed E-state index contributed by atoms with van der Waals surface area (Å²) in [7, 11) is 0. The minimum Gasteiger partial charge on any atom is -0.170 e. The van der Waals surface area contributed by atoms with Crippen molar-refractivity contribution in [3.63, 3.8) is 0 Å². The Morgan fingerprint density at radius 1 is 0.909 bits per heavy atom. The van der Waals surface area contributed by atoms with Crippen molar-refractivity contribution in [3.05, 3.63) is 5.92 Å². The van der Waals surface area contributed by atoms with Crippen molar-refractivity contribution in [1.82, 2.24) is 0 Å². The number of rotatable bonds is 1. The van der Waals surface area contributed by atoms with Gasteiger partial charge >= 0.3 is 12.4 Å². The molecular formula is C5H5F6. The van der Waals surface area contributed by atoms with Crippen LogP contribution >= 0.6 is 0 Å². The minimum atomic E-state index is -5.26. The molecule has 0 nitrogen and oxygen atoms in total. The monoisotopic (exact) mass is 179 g/mol. The Morgan fingerprint density at radius 3 is 1.18 bits per heavy atom. The molecule has 0 unspecified atom stereocenters. The average Bonchev–Trinajstić information content (AvgIpc) is 1.56. The molecule has 0 aliphatic heterocycles. The zero-order valence-electron chi connectivity index (χ0n) is 5.47. The molecule has 0 aliphatic rings. The molecule has 0 aliphatic carbocycles. The molecule has 0 saturated heterocycles. The van der Waals surface area contributed by atoms with Gasteiger partial charge in [0.15, 0.2) is 5.92 Å². The first-order valence-corrected chi connectivity index (χ1v) is 2.69. The molecule has 0 aromatic rings. The number of alkyl halides is 6. The third kappa shape index (κ3) is 2.98. The number of hydrogen-bond acceptors (Lipinski definition) is 0. The molecule has 0 N–H and O–H groups in total. The average molecular weight is 179 g/mol. The number of halogens is 6. The Hall–Kier alpha value is -0.420. The van der Waals surface area contributed by atoms with Crippen LogP contribution in [-0.4, -0.2) is 12.4 Å². The van der Waals surface area contributed by atoms with Crippen molar-refractivity contribution in [2.75, 3.05) is 0 Å². The van der Waals surface area contributed by atoms with Crippen LogP contribution in [0.1, 0.15) is 13.3 Å². The van der Waals surface area contributed by atoms with Gasteiger partial charge in [-0.25, -0.2) is 0 Å². The van der Waals surface area contributed by atoms with Gasteiger partial charge in [0.1, 0.15) is 0 Å². The summed E-state index contributed by atoms with van der Waals surface area (Å²) in [5.41, 5.74) is 0. The van der Waals surface area contributed by atoms with Crippen molar-refractivity contribution < 1.29 is 26.3 Å². The van der Waals surface area contributed by atoms with Gasteiger partial charge in [0.05, 0.1) is 0 Å². The van der Waals surface area contributed by atoms with Crippen LogP contribution in [0.2, 0.25) is 0 Å². The summed E-state index contributed by atoms with van der Waals surface area (Å²) in [5, 5.41) is 0. The zero-order chi connectivity index (χ0) is 9.28. The molecule has 11 heavy (non-hydrogen) atoms. The highest BCUT2D eigenvalue weighted by molar-refractivity contribution is 5.03. The lowest BCUT2D eigenvalue weighted by Gasteiger charge is -2.19. The van der Waals surface area contributed by atoms with E-state index in [2.05, 4.69) is 0 Å². The predicted octanol–water partition coefficient (Wildman–Crippen LogP) is 3.10. The fourth-order valence-corrected chi connectivity index (χ4v) is 0.562. The fraction of sp³-hybridized carbons (Fsp3) is 0.800. The van der Waals surface area contributed by atoms with Crippen LogP contribution in [0, 0.1) is 5.92 Å². The van der Waals surface area contributed by atoms with Gasteiger partial charge in [-0.3, -0.25) is 0 Å². The molecule has 67 valence electrons. The van der Waals surface area contributed by atoms with Gasteiger partial charge in [-0.1, -0.05) is 6.92 Å². The van der Waals surface area contributed by atoms with Gasteiger partial charge < -0.3 is 0 Å². The van der Waals surface area contributed by atoms with Gasteiger partial charge in [0.25, 0.3) is 0 Å². The van der Waals surface area contributed by atoms with Crippen LogP contribution in [0.4, 0.5) is 26.3 Å². The molecular weight excluding hydrogens is 174 g/mol. The largest absolute Gasteiger partial charge is 0.404 e. The topological polar surface area (TPSA) is 0 Å². The van der Waals surface area contributed by atoms with Crippen molar-refractivity contribution in [3.8, 4) is 0 Å². The molecule has 0 aromatic heterocycles. The number of hydrogen-bond donors (Lipinski definition) is 0. The standard InChI is InChI=1S/C5H5F6/c1-2-3(4(6,7)8)5(9,10)11/h2H2,1H3. The molecule has 0 heterocycles. The zero-order valence-corrected chi connectivity index (χ0v) is 5.47. The highest BCUT2D eigenvalue weighted by atomic mass is 19.4. The second-order valence-electron chi connectivity index (χ2n) is 1.83. The lowest BCUT2D eigenvalue weighted by Crippen LogP contribution is -2.33. The molecule has 0 aromatic carbocycles. The fourth-order valence-electron chi connectivity index (χ4n) is 0.562. The maximum Gasteiger partial charge on any atom is 0.404 e. The first kappa shape index (κ1) is 10.6. The van der Waals surface area contributed by atoms with Crippen LogP contribution in [-0.2, 0) is 0 Å². The normalized spacial score (nSPS) is 14.2. The van der Waals surface area contributed by atoms with E-state index in [9.17, 15) is 26.3 Å². The summed E-state index contributed by atoms with van der Waals surface area (Å²) in [4.78, 5) is 0. The third-order valence-electron chi connectivity index (χ3n) is 1.04. The van der Waals surface area contributed by atoms with E-state index < -0.39 is 24.7 Å². The summed E-state index contributed by atoms with van der Waals surface area (Å²) in [6, 6.07) is 0. The van der Waals surface area contributed by atoms with E-state index in [0.29, 0.717) is 0 Å². The third-order valence-corrected chi connectivity index (χ3v) is 1.04. The molecule has 0 bridgehead atoms. The molecule has 0 spiro atoms. The van der Waals surface area contributed by atoms with E-state index in [1.165, 1.54) is 0 Å². The smallest absolute Gasteiger partial charge is 0.170 e. The lowest BCUT2D eigenvalue weighted by atomic mass is 10.1. The SMILES string of the molecule is CC[C](C(F)(F)F)C(F)(F)F. The van der Waals surface area contributed by atoms with Crippen LogP contribution in [0.25, 0.3) is 0 Å². The van der Waals surface area contributed by atoms with Gasteiger partial charge in [-0.15, -0.1) is 0 Å². The van der Waals surface area contributed by atoms with Gasteiger partial charge in [0.2, 0.25) is 0 Å². The highest BCUT2D eigenvalue weighted by Gasteiger charge is 2.56. The van der Waals surface area contributed by atoms with E-state index >= 15 is 0 Å². The maximum atomic E-state index is 11.5. The molecule has 6 heteroatoms. The Balaban J connectivity index is 4.43. The molecule has 0 fully saturated rings. The van der Waals surface area contributed by atoms with Crippen molar-refractivity contribution in [2.45, 2.75) is 25.7 Å². The molecule has 0 atom stereocenters. The van der Waals surface area contributed by atoms with Crippen LogP contribution in [0.15, 0.2) is 0 Å². The Labute approximate surface area is 59.2 Å². The van der Waals surface area contributed by atoms with Crippen molar-refractivity contribution in [1.29, 1.82) is 0 Å². The van der Waals surface area contributed by atoms with E-state index in [4.69, 9.17) is 0 Å². The Kier molecular flexibility index (Phi) is 2.79. The first-order valence-electron chi connectivity index (χ1n) is 2.69. The Bertz CT molecular complexity index is 106. The lowest BCUT2D eigenvalue weighted by molar-refractivity contribution is -0.206. The van der Waals surface area contributed by atoms with E-state index in [-0.39, 0.29) is 0 Å². The van der Waals surface area contributed by atoms with Crippen LogP contribution in [0.3, 0.4) is 0 Å². The molecule has 0 amide bonds. The van der Waals surface area contributed by atoms with Crippen molar-refractivity contribution in [2.24, 2.45) is 0 Å². The second kappa shape index (κ2) is 2.91. The maximum absolute atomic E-state index is 11.5. The quantitative estimate of drug-likeness (QED) is 0.542. The summed E-state index contributed by atoms with van der Waals surface area (Å²) >= 11 is 0. The van der Waals surface area contributed by atoms with Gasteiger partial charge in [-0.2, -0.15) is 26.3 Å². The molecule has 0 saturated carbocycles. The van der Waals surface area contributed by atoms with E-state index in [1.807, 2.05) is 0 Å². The van der Waals surface area contributed by atoms with E-state index in [1.54, 1.807) is 0 Å². The first-order chi connectivity index (χ1) is 4.69. The summed E-state index contributed by atoms with van der Waals surface area (Å²) in [6.45, 7) is 0.816.